The monoisotopic (exact) mass is 577 g/mol. The Hall–Kier alpha value is -3.76. The molecule has 9 nitrogen and oxygen atoms in total. The van der Waals surface area contributed by atoms with E-state index in [1.165, 1.54) is 0 Å². The Labute approximate surface area is 228 Å². The maximum atomic E-state index is 12.4. The number of amides is 1. The van der Waals surface area contributed by atoms with E-state index in [0.29, 0.717) is 23.6 Å². The summed E-state index contributed by atoms with van der Waals surface area (Å²) in [4.78, 5) is 19.1. The number of rotatable bonds is 8. The predicted molar refractivity (Wildman–Crippen MR) is 147 cm³/mol. The summed E-state index contributed by atoms with van der Waals surface area (Å²) in [6.45, 7) is 1.08. The van der Waals surface area contributed by atoms with Crippen LogP contribution in [0.5, 0.6) is 17.4 Å². The first-order valence-electron chi connectivity index (χ1n) is 12.4. The van der Waals surface area contributed by atoms with E-state index in [-0.39, 0.29) is 24.2 Å². The van der Waals surface area contributed by atoms with Crippen LogP contribution >= 0.6 is 15.9 Å². The van der Waals surface area contributed by atoms with Crippen molar-refractivity contribution in [3.05, 3.63) is 77.0 Å². The van der Waals surface area contributed by atoms with Gasteiger partial charge in [-0.05, 0) is 66.9 Å². The summed E-state index contributed by atoms with van der Waals surface area (Å²) in [7, 11) is 1.58. The minimum Gasteiger partial charge on any atom is -0.497 e. The van der Waals surface area contributed by atoms with E-state index in [1.54, 1.807) is 37.6 Å². The smallest absolute Gasteiger partial charge is 0.302 e. The van der Waals surface area contributed by atoms with E-state index in [2.05, 4.69) is 42.1 Å². The third-order valence-electron chi connectivity index (χ3n) is 6.66. The number of fused-ring (bicyclic) bond motifs is 1. The summed E-state index contributed by atoms with van der Waals surface area (Å²) in [5.74, 6) is 0.602. The van der Waals surface area contributed by atoms with Gasteiger partial charge in [0.05, 0.1) is 19.3 Å². The van der Waals surface area contributed by atoms with Gasteiger partial charge in [-0.25, -0.2) is 0 Å². The lowest BCUT2D eigenvalue weighted by molar-refractivity contribution is -0.120. The normalized spacial score (nSPS) is 16.2. The van der Waals surface area contributed by atoms with Gasteiger partial charge in [-0.3, -0.25) is 19.2 Å². The second kappa shape index (κ2) is 11.7. The van der Waals surface area contributed by atoms with Gasteiger partial charge in [0.2, 0.25) is 5.88 Å². The van der Waals surface area contributed by atoms with Crippen molar-refractivity contribution in [3.8, 4) is 17.4 Å². The van der Waals surface area contributed by atoms with E-state index < -0.39 is 5.91 Å². The molecule has 196 valence electrons. The van der Waals surface area contributed by atoms with Gasteiger partial charge in [0, 0.05) is 34.8 Å². The molecule has 0 unspecified atom stereocenters. The molecule has 2 aromatic carbocycles. The molecule has 0 radical (unpaired) electrons. The number of carbonyl (C=O) groups excluding carboxylic acids is 1. The van der Waals surface area contributed by atoms with Crippen LogP contribution in [0, 0.1) is 0 Å². The molecule has 1 aliphatic rings. The van der Waals surface area contributed by atoms with Gasteiger partial charge in [-0.1, -0.05) is 28.4 Å². The van der Waals surface area contributed by atoms with Crippen LogP contribution < -0.4 is 9.47 Å². The van der Waals surface area contributed by atoms with Gasteiger partial charge in [0.25, 0.3) is 0 Å². The quantitative estimate of drug-likeness (QED) is 0.243. The number of methoxy groups -OCH3 is 1. The zero-order valence-electron chi connectivity index (χ0n) is 21.0. The highest BCUT2D eigenvalue weighted by molar-refractivity contribution is 9.10. The maximum absolute atomic E-state index is 12.4. The highest BCUT2D eigenvalue weighted by Gasteiger charge is 2.27. The molecule has 4 aromatic rings. The lowest BCUT2D eigenvalue weighted by Crippen LogP contribution is -2.34. The molecule has 0 bridgehead atoms. The number of carbonyl (C=O) groups is 1. The number of aromatic hydroxyl groups is 1. The van der Waals surface area contributed by atoms with Crippen LogP contribution in [0.4, 0.5) is 5.69 Å². The minimum absolute atomic E-state index is 0.0405. The first kappa shape index (κ1) is 25.9. The number of azo groups is 1. The van der Waals surface area contributed by atoms with Crippen LogP contribution in [0.15, 0.2) is 81.7 Å². The maximum Gasteiger partial charge on any atom is 0.302 e. The summed E-state index contributed by atoms with van der Waals surface area (Å²) < 4.78 is 13.3. The number of benzene rings is 2. The fourth-order valence-electron chi connectivity index (χ4n) is 4.78. The number of hydrogen-bond acceptors (Lipinski definition) is 7. The number of likely N-dealkylation sites (tertiary alicyclic amines) is 1. The molecule has 1 aliphatic heterocycles. The van der Waals surface area contributed by atoms with Crippen molar-refractivity contribution in [1.82, 2.24) is 14.5 Å². The molecule has 1 atom stereocenters. The lowest BCUT2D eigenvalue weighted by Gasteiger charge is -2.36. The first-order valence-corrected chi connectivity index (χ1v) is 13.2. The van der Waals surface area contributed by atoms with Gasteiger partial charge < -0.3 is 14.6 Å². The van der Waals surface area contributed by atoms with Crippen molar-refractivity contribution >= 4 is 38.4 Å². The first-order chi connectivity index (χ1) is 18.5. The number of hydrogen-bond donors (Lipinski definition) is 1. The molecule has 1 saturated heterocycles. The third kappa shape index (κ3) is 5.71. The summed E-state index contributed by atoms with van der Waals surface area (Å²) in [5, 5.41) is 19.9. The molecular formula is C28H28BrN5O4. The highest BCUT2D eigenvalue weighted by Crippen LogP contribution is 2.41. The fraction of sp³-hybridized carbons (Fsp3) is 0.286. The summed E-state index contributed by atoms with van der Waals surface area (Å²) >= 11 is 3.50. The van der Waals surface area contributed by atoms with Crippen molar-refractivity contribution in [2.45, 2.75) is 32.0 Å². The van der Waals surface area contributed by atoms with Crippen molar-refractivity contribution in [2.75, 3.05) is 20.3 Å². The zero-order valence-corrected chi connectivity index (χ0v) is 22.5. The van der Waals surface area contributed by atoms with E-state index in [1.807, 2.05) is 35.0 Å². The average molecular weight is 578 g/mol. The Morgan fingerprint density at radius 1 is 1.16 bits per heavy atom. The van der Waals surface area contributed by atoms with E-state index in [4.69, 9.17) is 9.47 Å². The van der Waals surface area contributed by atoms with Crippen LogP contribution in [0.1, 0.15) is 30.9 Å². The summed E-state index contributed by atoms with van der Waals surface area (Å²) in [5.41, 5.74) is 2.21. The Balaban J connectivity index is 1.38. The van der Waals surface area contributed by atoms with Crippen molar-refractivity contribution in [3.63, 3.8) is 0 Å². The SMILES string of the molecule is COc1ccc(OCC(=O)N=Nc2c(O)n(CN3CCCC[C@@H]3c3cccnc3)c3ccc(Br)cc23)cc1. The molecule has 0 saturated carbocycles. The standard InChI is InChI=1S/C28H28BrN5O4/c1-37-21-8-10-22(11-9-21)38-17-26(35)31-32-27-23-15-20(29)7-12-25(23)34(28(27)36)18-33-14-3-2-6-24(33)19-5-4-13-30-16-19/h4-5,7-13,15-16,24,36H,2-3,6,14,17-18H2,1H3/t24-/m1/s1. The van der Waals surface area contributed by atoms with Crippen molar-refractivity contribution in [1.29, 1.82) is 0 Å². The van der Waals surface area contributed by atoms with Crippen molar-refractivity contribution in [2.24, 2.45) is 10.2 Å². The number of ether oxygens (including phenoxy) is 2. The minimum atomic E-state index is -0.566. The van der Waals surface area contributed by atoms with Crippen LogP contribution in [0.3, 0.4) is 0 Å². The van der Waals surface area contributed by atoms with Gasteiger partial charge in [-0.15, -0.1) is 10.2 Å². The molecular weight excluding hydrogens is 550 g/mol. The van der Waals surface area contributed by atoms with Crippen LogP contribution in [-0.4, -0.2) is 45.7 Å². The molecule has 0 aliphatic carbocycles. The van der Waals surface area contributed by atoms with Gasteiger partial charge in [-0.2, -0.15) is 0 Å². The summed E-state index contributed by atoms with van der Waals surface area (Å²) in [6, 6.07) is 16.9. The second-order valence-electron chi connectivity index (χ2n) is 9.07. The van der Waals surface area contributed by atoms with Gasteiger partial charge >= 0.3 is 5.91 Å². The third-order valence-corrected chi connectivity index (χ3v) is 7.15. The van der Waals surface area contributed by atoms with Crippen LogP contribution in [0.25, 0.3) is 10.9 Å². The Bertz CT molecular complexity index is 1440. The molecule has 3 heterocycles. The van der Waals surface area contributed by atoms with E-state index in [0.717, 1.165) is 41.4 Å². The van der Waals surface area contributed by atoms with Crippen LogP contribution in [-0.2, 0) is 11.5 Å². The van der Waals surface area contributed by atoms with Gasteiger partial charge in [0.1, 0.15) is 11.5 Å². The molecule has 10 heteroatoms. The Morgan fingerprint density at radius 3 is 2.74 bits per heavy atom. The molecule has 38 heavy (non-hydrogen) atoms. The molecule has 1 N–H and O–H groups in total. The highest BCUT2D eigenvalue weighted by atomic mass is 79.9. The molecule has 1 amide bonds. The number of halogens is 1. The van der Waals surface area contributed by atoms with E-state index >= 15 is 0 Å². The molecule has 2 aromatic heterocycles. The predicted octanol–water partition coefficient (Wildman–Crippen LogP) is 6.39. The zero-order chi connectivity index (χ0) is 26.5. The summed E-state index contributed by atoms with van der Waals surface area (Å²) in [6.07, 6.45) is 6.93. The number of piperidine rings is 1. The molecule has 5 rings (SSSR count). The second-order valence-corrected chi connectivity index (χ2v) is 9.99. The van der Waals surface area contributed by atoms with Crippen LogP contribution in [0.2, 0.25) is 0 Å². The van der Waals surface area contributed by atoms with Gasteiger partial charge in [0.15, 0.2) is 12.3 Å². The topological polar surface area (TPSA) is 102 Å². The molecule has 1 fully saturated rings. The molecule has 0 spiro atoms. The largest absolute Gasteiger partial charge is 0.497 e. The Morgan fingerprint density at radius 2 is 1.97 bits per heavy atom. The number of pyridine rings is 1. The average Bonchev–Trinajstić information content (AvgIpc) is 3.21. The van der Waals surface area contributed by atoms with E-state index in [9.17, 15) is 9.90 Å². The lowest BCUT2D eigenvalue weighted by atomic mass is 9.97. The Kier molecular flexibility index (Phi) is 8.00. The van der Waals surface area contributed by atoms with Crippen molar-refractivity contribution < 1.29 is 19.4 Å². The fourth-order valence-corrected chi connectivity index (χ4v) is 5.14. The number of nitrogens with zero attached hydrogens (tertiary/aromatic N) is 5. The number of aromatic nitrogens is 2.